The molecule has 1 amide bonds. The number of nitrogens with two attached hydrogens (primary N) is 1. The summed E-state index contributed by atoms with van der Waals surface area (Å²) in [5, 5.41) is 20.3. The van der Waals surface area contributed by atoms with Gasteiger partial charge < -0.3 is 20.5 Å². The second-order valence-corrected chi connectivity index (χ2v) is 5.88. The summed E-state index contributed by atoms with van der Waals surface area (Å²) >= 11 is 0. The third-order valence-corrected chi connectivity index (χ3v) is 3.57. The molecule has 0 aromatic heterocycles. The van der Waals surface area contributed by atoms with Crippen LogP contribution < -0.4 is 11.2 Å². The molecule has 0 unspecified atom stereocenters. The fraction of sp³-hybridized carbons (Fsp3) is 0.500. The van der Waals surface area contributed by atoms with Crippen LogP contribution in [0.2, 0.25) is 0 Å². The summed E-state index contributed by atoms with van der Waals surface area (Å²) in [7, 11) is -1.24. The van der Waals surface area contributed by atoms with Crippen LogP contribution in [0.25, 0.3) is 0 Å². The van der Waals surface area contributed by atoms with Gasteiger partial charge in [-0.3, -0.25) is 4.79 Å². The van der Waals surface area contributed by atoms with Crippen molar-refractivity contribution < 1.29 is 19.6 Å². The maximum Gasteiger partial charge on any atom is 0.491 e. The van der Waals surface area contributed by atoms with Crippen molar-refractivity contribution in [3.8, 4) is 0 Å². The molecule has 0 atom stereocenters. The summed E-state index contributed by atoms with van der Waals surface area (Å²) in [6.45, 7) is 6.59. The molecule has 0 heterocycles. The van der Waals surface area contributed by atoms with Gasteiger partial charge in [0.1, 0.15) is 0 Å². The first-order valence-corrected chi connectivity index (χ1v) is 6.49. The third kappa shape index (κ3) is 4.06. The summed E-state index contributed by atoms with van der Waals surface area (Å²) in [5.74, 6) is -0.480. The molecule has 0 bridgehead atoms. The van der Waals surface area contributed by atoms with Crippen LogP contribution >= 0.6 is 0 Å². The van der Waals surface area contributed by atoms with Crippen LogP contribution in [0.15, 0.2) is 24.3 Å². The quantitative estimate of drug-likeness (QED) is 0.637. The number of benzene rings is 1. The van der Waals surface area contributed by atoms with E-state index in [4.69, 9.17) is 10.4 Å². The fourth-order valence-corrected chi connectivity index (χ4v) is 1.61. The number of hydrogen-bond acceptors (Lipinski definition) is 4. The van der Waals surface area contributed by atoms with Gasteiger partial charge in [0.15, 0.2) is 0 Å². The lowest BCUT2D eigenvalue weighted by atomic mass is 9.73. The standard InChI is InChI=1S/C14H22BNO4/c1-13(2,18)14(3,4)20-15(19)11-8-6-5-7-10(11)9-12(16)17/h5-8,18-19H,9H2,1-4H3,(H2,16,17). The lowest BCUT2D eigenvalue weighted by molar-refractivity contribution is -0.117. The van der Waals surface area contributed by atoms with Crippen LogP contribution in [0.4, 0.5) is 0 Å². The zero-order chi connectivity index (χ0) is 15.6. The average Bonchev–Trinajstić information content (AvgIpc) is 2.26. The normalized spacial score (nSPS) is 12.3. The SMILES string of the molecule is CC(C)(O)C(C)(C)OB(O)c1ccccc1CC(N)=O. The van der Waals surface area contributed by atoms with E-state index in [-0.39, 0.29) is 6.42 Å². The molecule has 0 aliphatic heterocycles. The predicted octanol–water partition coefficient (Wildman–Crippen LogP) is -0.0320. The summed E-state index contributed by atoms with van der Waals surface area (Å²) in [6.07, 6.45) is 0.0273. The topological polar surface area (TPSA) is 92.8 Å². The van der Waals surface area contributed by atoms with Gasteiger partial charge in [0.2, 0.25) is 5.91 Å². The minimum atomic E-state index is -1.24. The number of carbonyl (C=O) groups is 1. The van der Waals surface area contributed by atoms with Crippen molar-refractivity contribution in [2.24, 2.45) is 5.73 Å². The van der Waals surface area contributed by atoms with Crippen molar-refractivity contribution in [1.29, 1.82) is 0 Å². The summed E-state index contributed by atoms with van der Waals surface area (Å²) in [5.41, 5.74) is 4.18. The zero-order valence-electron chi connectivity index (χ0n) is 12.4. The van der Waals surface area contributed by atoms with Gasteiger partial charge in [-0.05, 0) is 38.7 Å². The van der Waals surface area contributed by atoms with Gasteiger partial charge >= 0.3 is 7.12 Å². The van der Waals surface area contributed by atoms with Crippen LogP contribution in [-0.2, 0) is 15.9 Å². The Hall–Kier alpha value is -1.37. The van der Waals surface area contributed by atoms with E-state index >= 15 is 0 Å². The monoisotopic (exact) mass is 279 g/mol. The van der Waals surface area contributed by atoms with Crippen molar-refractivity contribution in [1.82, 2.24) is 0 Å². The molecule has 0 aliphatic rings. The Morgan fingerprint density at radius 2 is 1.85 bits per heavy atom. The maximum atomic E-state index is 11.0. The van der Waals surface area contributed by atoms with Gasteiger partial charge in [-0.15, -0.1) is 0 Å². The van der Waals surface area contributed by atoms with E-state index in [1.54, 1.807) is 52.0 Å². The highest BCUT2D eigenvalue weighted by Gasteiger charge is 2.39. The lowest BCUT2D eigenvalue weighted by Crippen LogP contribution is -2.53. The molecule has 5 nitrogen and oxygen atoms in total. The van der Waals surface area contributed by atoms with Crippen molar-refractivity contribution >= 4 is 18.5 Å². The lowest BCUT2D eigenvalue weighted by Gasteiger charge is -2.38. The summed E-state index contributed by atoms with van der Waals surface area (Å²) in [4.78, 5) is 11.0. The Morgan fingerprint density at radius 1 is 1.30 bits per heavy atom. The molecule has 1 rings (SSSR count). The smallest absolute Gasteiger partial charge is 0.423 e. The van der Waals surface area contributed by atoms with Crippen molar-refractivity contribution in [3.63, 3.8) is 0 Å². The molecule has 4 N–H and O–H groups in total. The molecule has 1 aromatic carbocycles. The van der Waals surface area contributed by atoms with Crippen molar-refractivity contribution in [2.75, 3.05) is 0 Å². The molecular formula is C14H22BNO4. The van der Waals surface area contributed by atoms with E-state index in [1.165, 1.54) is 0 Å². The average molecular weight is 279 g/mol. The number of aliphatic hydroxyl groups is 1. The number of amides is 1. The maximum absolute atomic E-state index is 11.0. The first-order valence-electron chi connectivity index (χ1n) is 6.49. The highest BCUT2D eigenvalue weighted by molar-refractivity contribution is 6.60. The molecule has 110 valence electrons. The number of primary amides is 1. The van der Waals surface area contributed by atoms with E-state index in [9.17, 15) is 14.9 Å². The Labute approximate surface area is 119 Å². The van der Waals surface area contributed by atoms with Crippen LogP contribution in [0, 0.1) is 0 Å². The van der Waals surface area contributed by atoms with Gasteiger partial charge in [-0.2, -0.15) is 0 Å². The summed E-state index contributed by atoms with van der Waals surface area (Å²) < 4.78 is 5.56. The molecule has 1 aromatic rings. The van der Waals surface area contributed by atoms with Gasteiger partial charge in [0, 0.05) is 0 Å². The van der Waals surface area contributed by atoms with Gasteiger partial charge in [-0.1, -0.05) is 24.3 Å². The molecule has 0 spiro atoms. The Bertz CT molecular complexity index is 482. The van der Waals surface area contributed by atoms with Crippen molar-refractivity contribution in [3.05, 3.63) is 29.8 Å². The predicted molar refractivity (Wildman–Crippen MR) is 78.4 cm³/mol. The van der Waals surface area contributed by atoms with Gasteiger partial charge in [0.25, 0.3) is 0 Å². The molecule has 0 aliphatic carbocycles. The Morgan fingerprint density at radius 3 is 2.35 bits per heavy atom. The molecule has 0 saturated heterocycles. The van der Waals surface area contributed by atoms with E-state index in [2.05, 4.69) is 0 Å². The van der Waals surface area contributed by atoms with Gasteiger partial charge in [-0.25, -0.2) is 0 Å². The zero-order valence-corrected chi connectivity index (χ0v) is 12.4. The highest BCUT2D eigenvalue weighted by atomic mass is 16.5. The Balaban J connectivity index is 2.98. The van der Waals surface area contributed by atoms with Gasteiger partial charge in [0.05, 0.1) is 17.6 Å². The minimum absolute atomic E-state index is 0.0273. The highest BCUT2D eigenvalue weighted by Crippen LogP contribution is 2.25. The van der Waals surface area contributed by atoms with Crippen LogP contribution in [0.5, 0.6) is 0 Å². The van der Waals surface area contributed by atoms with Crippen LogP contribution in [0.3, 0.4) is 0 Å². The van der Waals surface area contributed by atoms with E-state index < -0.39 is 24.2 Å². The van der Waals surface area contributed by atoms with E-state index in [0.29, 0.717) is 11.0 Å². The molecule has 20 heavy (non-hydrogen) atoms. The minimum Gasteiger partial charge on any atom is -0.423 e. The molecule has 6 heteroatoms. The molecule has 0 fully saturated rings. The first-order chi connectivity index (χ1) is 9.04. The van der Waals surface area contributed by atoms with Crippen LogP contribution in [-0.4, -0.2) is 34.4 Å². The van der Waals surface area contributed by atoms with Crippen molar-refractivity contribution in [2.45, 2.75) is 45.3 Å². The van der Waals surface area contributed by atoms with E-state index in [0.717, 1.165) is 0 Å². The third-order valence-electron chi connectivity index (χ3n) is 3.57. The van der Waals surface area contributed by atoms with Crippen LogP contribution in [0.1, 0.15) is 33.3 Å². The molecular weight excluding hydrogens is 257 g/mol. The second kappa shape index (κ2) is 5.95. The molecule has 0 radical (unpaired) electrons. The largest absolute Gasteiger partial charge is 0.491 e. The first kappa shape index (κ1) is 16.7. The van der Waals surface area contributed by atoms with E-state index in [1.807, 2.05) is 0 Å². The number of carbonyl (C=O) groups excluding carboxylic acids is 1. The Kier molecular flexibility index (Phi) is 4.97. The fourth-order valence-electron chi connectivity index (χ4n) is 1.61. The number of rotatable bonds is 6. The second-order valence-electron chi connectivity index (χ2n) is 5.88. The molecule has 0 saturated carbocycles. The number of hydrogen-bond donors (Lipinski definition) is 3. The summed E-state index contributed by atoms with van der Waals surface area (Å²) in [6, 6.07) is 6.88.